The van der Waals surface area contributed by atoms with Gasteiger partial charge in [-0.1, -0.05) is 11.6 Å². The molecule has 4 rings (SSSR count). The van der Waals surface area contributed by atoms with Gasteiger partial charge in [0.25, 0.3) is 0 Å². The van der Waals surface area contributed by atoms with Crippen molar-refractivity contribution in [1.29, 1.82) is 0 Å². The van der Waals surface area contributed by atoms with Gasteiger partial charge in [0.2, 0.25) is 10.0 Å². The third-order valence-electron chi connectivity index (χ3n) is 5.34. The molecular weight excluding hydrogens is 370 g/mol. The first-order valence-corrected chi connectivity index (χ1v) is 10.5. The number of aliphatic hydroxyl groups is 2. The summed E-state index contributed by atoms with van der Waals surface area (Å²) in [5.41, 5.74) is -0.970. The van der Waals surface area contributed by atoms with Crippen molar-refractivity contribution in [3.8, 4) is 0 Å². The number of hydrogen-bond donors (Lipinski definition) is 3. The molecule has 2 aliphatic carbocycles. The van der Waals surface area contributed by atoms with Crippen LogP contribution in [0.25, 0.3) is 10.1 Å². The van der Waals surface area contributed by atoms with Gasteiger partial charge in [-0.3, -0.25) is 0 Å². The molecule has 2 aromatic rings. The Hall–Kier alpha value is -0.700. The monoisotopic (exact) mass is 387 g/mol. The zero-order valence-corrected chi connectivity index (χ0v) is 15.4. The summed E-state index contributed by atoms with van der Waals surface area (Å²) >= 11 is 7.44. The van der Waals surface area contributed by atoms with Gasteiger partial charge in [0, 0.05) is 20.0 Å². The Balaban J connectivity index is 1.79. The van der Waals surface area contributed by atoms with Crippen LogP contribution in [0, 0.1) is 12.8 Å². The van der Waals surface area contributed by atoms with Gasteiger partial charge in [0.15, 0.2) is 0 Å². The molecule has 5 nitrogen and oxygen atoms in total. The third-order valence-corrected chi connectivity index (χ3v) is 8.53. The minimum atomic E-state index is -3.84. The van der Waals surface area contributed by atoms with E-state index in [9.17, 15) is 18.6 Å². The van der Waals surface area contributed by atoms with E-state index in [0.717, 1.165) is 11.1 Å². The second kappa shape index (κ2) is 5.40. The van der Waals surface area contributed by atoms with Crippen molar-refractivity contribution in [1.82, 2.24) is 4.72 Å². The molecular formula is C16H18ClNO4S2. The number of halogens is 1. The Labute approximate surface area is 149 Å². The maximum absolute atomic E-state index is 13.1. The van der Waals surface area contributed by atoms with Gasteiger partial charge in [0.1, 0.15) is 4.90 Å². The first-order valence-electron chi connectivity index (χ1n) is 7.82. The van der Waals surface area contributed by atoms with Gasteiger partial charge >= 0.3 is 0 Å². The Morgan fingerprint density at radius 3 is 2.79 bits per heavy atom. The van der Waals surface area contributed by atoms with Gasteiger partial charge < -0.3 is 10.2 Å². The predicted octanol–water partition coefficient (Wildman–Crippen LogP) is 2.42. The molecule has 1 aromatic carbocycles. The fourth-order valence-corrected chi connectivity index (χ4v) is 7.65. The van der Waals surface area contributed by atoms with E-state index in [1.807, 2.05) is 6.07 Å². The van der Waals surface area contributed by atoms with Crippen LogP contribution >= 0.6 is 22.9 Å². The maximum atomic E-state index is 13.1. The number of aliphatic hydroxyl groups excluding tert-OH is 2. The predicted molar refractivity (Wildman–Crippen MR) is 94.0 cm³/mol. The molecule has 2 bridgehead atoms. The second-order valence-electron chi connectivity index (χ2n) is 6.83. The normalized spacial score (nSPS) is 32.8. The zero-order valence-electron chi connectivity index (χ0n) is 13.0. The molecule has 8 heteroatoms. The molecule has 1 heterocycles. The van der Waals surface area contributed by atoms with Crippen LogP contribution in [0.2, 0.25) is 5.02 Å². The van der Waals surface area contributed by atoms with Gasteiger partial charge in [-0.2, -0.15) is 0 Å². The molecule has 0 radical (unpaired) electrons. The lowest BCUT2D eigenvalue weighted by Crippen LogP contribution is -2.56. The smallest absolute Gasteiger partial charge is 0.242 e. The Morgan fingerprint density at radius 1 is 1.38 bits per heavy atom. The van der Waals surface area contributed by atoms with Crippen LogP contribution in [0.1, 0.15) is 24.1 Å². The quantitative estimate of drug-likeness (QED) is 0.754. The summed E-state index contributed by atoms with van der Waals surface area (Å²) in [6, 6.07) is 5.21. The Morgan fingerprint density at radius 2 is 2.12 bits per heavy atom. The molecule has 3 N–H and O–H groups in total. The van der Waals surface area contributed by atoms with Gasteiger partial charge in [-0.15, -0.1) is 11.3 Å². The van der Waals surface area contributed by atoms with Crippen LogP contribution in [0.15, 0.2) is 23.1 Å². The number of thiophene rings is 1. The molecule has 4 atom stereocenters. The highest BCUT2D eigenvalue weighted by Crippen LogP contribution is 2.49. The number of hydrogen-bond acceptors (Lipinski definition) is 5. The Kier molecular flexibility index (Phi) is 3.77. The molecule has 0 spiro atoms. The van der Waals surface area contributed by atoms with E-state index >= 15 is 0 Å². The summed E-state index contributed by atoms with van der Waals surface area (Å²) in [5, 5.41) is 21.4. The zero-order chi connectivity index (χ0) is 17.3. The number of rotatable bonds is 3. The standard InChI is InChI=1S/C16H18ClNO4S2/c1-8-14(11-6-10(17)2-3-12(11)23-8)24(21,22)18-16-5-4-9(7-16)13(19)15(16)20/h2-3,6,9,13,15,18-20H,4-5,7H2,1H3/t9?,13-,15-,16?/m0/s1. The first kappa shape index (κ1) is 16.8. The molecule has 2 aliphatic rings. The van der Waals surface area contributed by atoms with Gasteiger partial charge in [-0.25, -0.2) is 13.1 Å². The van der Waals surface area contributed by atoms with Crippen molar-refractivity contribution < 1.29 is 18.6 Å². The number of sulfonamides is 1. The molecule has 2 unspecified atom stereocenters. The van der Waals surface area contributed by atoms with Crippen LogP contribution in [-0.4, -0.2) is 36.4 Å². The Bertz CT molecular complexity index is 926. The van der Waals surface area contributed by atoms with E-state index in [4.69, 9.17) is 11.6 Å². The minimum absolute atomic E-state index is 0.0440. The second-order valence-corrected chi connectivity index (χ2v) is 10.1. The lowest BCUT2D eigenvalue weighted by atomic mass is 9.90. The van der Waals surface area contributed by atoms with Crippen molar-refractivity contribution in [3.05, 3.63) is 28.1 Å². The molecule has 0 saturated heterocycles. The van der Waals surface area contributed by atoms with Crippen molar-refractivity contribution in [2.75, 3.05) is 0 Å². The van der Waals surface area contributed by atoms with Gasteiger partial charge in [0.05, 0.1) is 17.7 Å². The van der Waals surface area contributed by atoms with Crippen molar-refractivity contribution in [2.45, 2.75) is 48.8 Å². The fourth-order valence-electron chi connectivity index (χ4n) is 4.24. The van der Waals surface area contributed by atoms with Crippen molar-refractivity contribution in [2.24, 2.45) is 5.92 Å². The van der Waals surface area contributed by atoms with Crippen LogP contribution in [-0.2, 0) is 10.0 Å². The number of nitrogens with one attached hydrogen (secondary N) is 1. The molecule has 0 amide bonds. The highest BCUT2D eigenvalue weighted by atomic mass is 35.5. The van der Waals surface area contributed by atoms with E-state index in [1.54, 1.807) is 19.1 Å². The summed E-state index contributed by atoms with van der Waals surface area (Å²) in [5.74, 6) is -0.0440. The SMILES string of the molecule is Cc1sc2ccc(Cl)cc2c1S(=O)(=O)NC12CCC(C1)[C@H](O)[C@@H]2O. The van der Waals surface area contributed by atoms with Crippen LogP contribution in [0.3, 0.4) is 0 Å². The van der Waals surface area contributed by atoms with Gasteiger partial charge in [-0.05, 0) is 50.3 Å². The van der Waals surface area contributed by atoms with E-state index in [1.165, 1.54) is 11.3 Å². The van der Waals surface area contributed by atoms with E-state index in [0.29, 0.717) is 28.1 Å². The third kappa shape index (κ3) is 2.34. The van der Waals surface area contributed by atoms with Crippen LogP contribution in [0.4, 0.5) is 0 Å². The molecule has 130 valence electrons. The summed E-state index contributed by atoms with van der Waals surface area (Å²) in [6.07, 6.45) is -0.209. The molecule has 0 aliphatic heterocycles. The molecule has 2 fully saturated rings. The first-order chi connectivity index (χ1) is 11.2. The summed E-state index contributed by atoms with van der Waals surface area (Å²) in [4.78, 5) is 0.898. The topological polar surface area (TPSA) is 86.6 Å². The van der Waals surface area contributed by atoms with Crippen molar-refractivity contribution in [3.63, 3.8) is 0 Å². The molecule has 24 heavy (non-hydrogen) atoms. The van der Waals surface area contributed by atoms with Crippen LogP contribution in [0.5, 0.6) is 0 Å². The summed E-state index contributed by atoms with van der Waals surface area (Å²) in [7, 11) is -3.84. The average molecular weight is 388 g/mol. The average Bonchev–Trinajstić information content (AvgIpc) is 3.11. The lowest BCUT2D eigenvalue weighted by Gasteiger charge is -2.34. The lowest BCUT2D eigenvalue weighted by molar-refractivity contribution is -0.0283. The van der Waals surface area contributed by atoms with E-state index in [2.05, 4.69) is 4.72 Å². The van der Waals surface area contributed by atoms with E-state index in [-0.39, 0.29) is 10.8 Å². The van der Waals surface area contributed by atoms with Crippen molar-refractivity contribution >= 4 is 43.0 Å². The number of benzene rings is 1. The fraction of sp³-hybridized carbons (Fsp3) is 0.500. The van der Waals surface area contributed by atoms with Crippen LogP contribution < -0.4 is 4.72 Å². The highest BCUT2D eigenvalue weighted by Gasteiger charge is 2.58. The van der Waals surface area contributed by atoms with E-state index < -0.39 is 27.8 Å². The number of fused-ring (bicyclic) bond motifs is 3. The molecule has 2 saturated carbocycles. The largest absolute Gasteiger partial charge is 0.390 e. The highest BCUT2D eigenvalue weighted by molar-refractivity contribution is 7.90. The summed E-state index contributed by atoms with van der Waals surface area (Å²) < 4.78 is 29.8. The minimum Gasteiger partial charge on any atom is -0.390 e. The summed E-state index contributed by atoms with van der Waals surface area (Å²) in [6.45, 7) is 1.77. The molecule has 1 aromatic heterocycles. The number of aryl methyl sites for hydroxylation is 1. The maximum Gasteiger partial charge on any atom is 0.242 e.